The lowest BCUT2D eigenvalue weighted by Crippen LogP contribution is -2.42. The molecule has 0 bridgehead atoms. The Morgan fingerprint density at radius 1 is 1.20 bits per heavy atom. The lowest BCUT2D eigenvalue weighted by Gasteiger charge is -2.30. The maximum absolute atomic E-state index is 12.4. The molecule has 1 atom stereocenters. The standard InChI is InChI=1S/C23H33N3O4/c1-6-20(27)26-13-11-19(12-14-26)21(28)24-15-17-7-9-18(10-8-17)16(2)25-22(29)30-23(3,4)5/h6-10,16,19H,1,11-15H2,2-5H3,(H,24,28)(H,25,29). The number of nitrogens with zero attached hydrogens (tertiary/aromatic N) is 1. The molecule has 1 aromatic rings. The average Bonchev–Trinajstić information content (AvgIpc) is 2.70. The molecule has 3 amide bonds. The van der Waals surface area contributed by atoms with Crippen molar-refractivity contribution in [3.63, 3.8) is 0 Å². The molecule has 1 fully saturated rings. The number of benzene rings is 1. The van der Waals surface area contributed by atoms with Gasteiger partial charge in [-0.15, -0.1) is 0 Å². The van der Waals surface area contributed by atoms with Gasteiger partial charge in [-0.25, -0.2) is 4.79 Å². The number of nitrogens with one attached hydrogen (secondary N) is 2. The fraction of sp³-hybridized carbons (Fsp3) is 0.522. The van der Waals surface area contributed by atoms with Crippen LogP contribution in [0, 0.1) is 5.92 Å². The van der Waals surface area contributed by atoms with Gasteiger partial charge in [-0.05, 0) is 57.7 Å². The van der Waals surface area contributed by atoms with E-state index in [0.717, 1.165) is 11.1 Å². The lowest BCUT2D eigenvalue weighted by molar-refractivity contribution is -0.132. The van der Waals surface area contributed by atoms with Crippen molar-refractivity contribution in [3.8, 4) is 0 Å². The van der Waals surface area contributed by atoms with Crippen molar-refractivity contribution in [2.24, 2.45) is 5.92 Å². The van der Waals surface area contributed by atoms with Gasteiger partial charge in [-0.2, -0.15) is 0 Å². The molecule has 0 aromatic heterocycles. The highest BCUT2D eigenvalue weighted by Crippen LogP contribution is 2.18. The number of alkyl carbamates (subject to hydrolysis) is 1. The van der Waals surface area contributed by atoms with Crippen LogP contribution >= 0.6 is 0 Å². The van der Waals surface area contributed by atoms with Crippen LogP contribution in [0.15, 0.2) is 36.9 Å². The number of likely N-dealkylation sites (tertiary alicyclic amines) is 1. The molecule has 164 valence electrons. The van der Waals surface area contributed by atoms with Crippen molar-refractivity contribution < 1.29 is 19.1 Å². The Hall–Kier alpha value is -2.83. The number of rotatable bonds is 6. The minimum Gasteiger partial charge on any atom is -0.444 e. The van der Waals surface area contributed by atoms with E-state index in [9.17, 15) is 14.4 Å². The zero-order valence-corrected chi connectivity index (χ0v) is 18.4. The van der Waals surface area contributed by atoms with E-state index >= 15 is 0 Å². The Labute approximate surface area is 178 Å². The van der Waals surface area contributed by atoms with Crippen LogP contribution in [0.1, 0.15) is 57.7 Å². The van der Waals surface area contributed by atoms with E-state index in [1.165, 1.54) is 6.08 Å². The third kappa shape index (κ3) is 7.21. The highest BCUT2D eigenvalue weighted by atomic mass is 16.6. The van der Waals surface area contributed by atoms with E-state index in [1.807, 2.05) is 52.0 Å². The highest BCUT2D eigenvalue weighted by molar-refractivity contribution is 5.87. The Morgan fingerprint density at radius 2 is 1.80 bits per heavy atom. The van der Waals surface area contributed by atoms with Crippen molar-refractivity contribution in [3.05, 3.63) is 48.0 Å². The summed E-state index contributed by atoms with van der Waals surface area (Å²) < 4.78 is 5.28. The smallest absolute Gasteiger partial charge is 0.408 e. The molecule has 0 saturated carbocycles. The highest BCUT2D eigenvalue weighted by Gasteiger charge is 2.26. The number of carbonyl (C=O) groups excluding carboxylic acids is 3. The quantitative estimate of drug-likeness (QED) is 0.698. The molecule has 1 aliphatic rings. The topological polar surface area (TPSA) is 87.7 Å². The summed E-state index contributed by atoms with van der Waals surface area (Å²) in [5.74, 6) is -0.134. The predicted molar refractivity (Wildman–Crippen MR) is 116 cm³/mol. The predicted octanol–water partition coefficient (Wildman–Crippen LogP) is 3.31. The zero-order chi connectivity index (χ0) is 22.3. The molecular weight excluding hydrogens is 382 g/mol. The van der Waals surface area contributed by atoms with E-state index in [2.05, 4.69) is 17.2 Å². The number of hydrogen-bond donors (Lipinski definition) is 2. The van der Waals surface area contributed by atoms with E-state index in [4.69, 9.17) is 4.74 Å². The minimum absolute atomic E-state index is 0.0183. The summed E-state index contributed by atoms with van der Waals surface area (Å²) >= 11 is 0. The Bertz CT molecular complexity index is 760. The summed E-state index contributed by atoms with van der Waals surface area (Å²) in [6, 6.07) is 7.56. The van der Waals surface area contributed by atoms with Crippen LogP contribution in [0.3, 0.4) is 0 Å². The minimum atomic E-state index is -0.538. The van der Waals surface area contributed by atoms with Crippen LogP contribution in [-0.2, 0) is 20.9 Å². The molecule has 0 aliphatic carbocycles. The fourth-order valence-corrected chi connectivity index (χ4v) is 3.32. The Balaban J connectivity index is 1.79. The molecule has 30 heavy (non-hydrogen) atoms. The Kier molecular flexibility index (Phi) is 8.03. The van der Waals surface area contributed by atoms with Crippen LogP contribution in [0.25, 0.3) is 0 Å². The van der Waals surface area contributed by atoms with Crippen molar-refractivity contribution in [2.75, 3.05) is 13.1 Å². The van der Waals surface area contributed by atoms with Gasteiger partial charge in [0.15, 0.2) is 0 Å². The zero-order valence-electron chi connectivity index (χ0n) is 18.4. The first-order valence-electron chi connectivity index (χ1n) is 10.4. The summed E-state index contributed by atoms with van der Waals surface area (Å²) in [7, 11) is 0. The summed E-state index contributed by atoms with van der Waals surface area (Å²) in [6.45, 7) is 12.5. The fourth-order valence-electron chi connectivity index (χ4n) is 3.32. The molecule has 0 spiro atoms. The summed E-state index contributed by atoms with van der Waals surface area (Å²) in [4.78, 5) is 37.7. The van der Waals surface area contributed by atoms with Gasteiger partial charge < -0.3 is 20.3 Å². The van der Waals surface area contributed by atoms with Gasteiger partial charge >= 0.3 is 6.09 Å². The first-order valence-corrected chi connectivity index (χ1v) is 10.4. The SMILES string of the molecule is C=CC(=O)N1CCC(C(=O)NCc2ccc(C(C)NC(=O)OC(C)(C)C)cc2)CC1. The first kappa shape index (κ1) is 23.4. The van der Waals surface area contributed by atoms with E-state index in [-0.39, 0.29) is 23.8 Å². The van der Waals surface area contributed by atoms with Gasteiger partial charge in [-0.3, -0.25) is 9.59 Å². The second-order valence-electron chi connectivity index (χ2n) is 8.63. The lowest BCUT2D eigenvalue weighted by atomic mass is 9.95. The molecule has 1 aromatic carbocycles. The monoisotopic (exact) mass is 415 g/mol. The van der Waals surface area contributed by atoms with Crippen molar-refractivity contribution in [1.29, 1.82) is 0 Å². The number of ether oxygens (including phenoxy) is 1. The molecule has 7 heteroatoms. The average molecular weight is 416 g/mol. The second kappa shape index (κ2) is 10.3. The van der Waals surface area contributed by atoms with Crippen molar-refractivity contribution in [1.82, 2.24) is 15.5 Å². The van der Waals surface area contributed by atoms with Gasteiger partial charge in [0, 0.05) is 25.6 Å². The first-order chi connectivity index (χ1) is 14.1. The van der Waals surface area contributed by atoms with Crippen molar-refractivity contribution in [2.45, 2.75) is 58.7 Å². The molecule has 2 rings (SSSR count). The van der Waals surface area contributed by atoms with E-state index in [1.54, 1.807) is 4.90 Å². The van der Waals surface area contributed by atoms with Crippen LogP contribution in [0.4, 0.5) is 4.79 Å². The molecule has 1 aliphatic heterocycles. The summed E-state index contributed by atoms with van der Waals surface area (Å²) in [6.07, 6.45) is 2.19. The second-order valence-corrected chi connectivity index (χ2v) is 8.63. The molecule has 1 unspecified atom stereocenters. The summed E-state index contributed by atoms with van der Waals surface area (Å²) in [5.41, 5.74) is 1.40. The maximum Gasteiger partial charge on any atom is 0.408 e. The van der Waals surface area contributed by atoms with Gasteiger partial charge in [0.1, 0.15) is 5.60 Å². The molecule has 1 saturated heterocycles. The van der Waals surface area contributed by atoms with Crippen LogP contribution in [0.2, 0.25) is 0 Å². The largest absolute Gasteiger partial charge is 0.444 e. The number of piperidine rings is 1. The normalized spacial score (nSPS) is 15.8. The number of carbonyl (C=O) groups is 3. The Morgan fingerprint density at radius 3 is 2.33 bits per heavy atom. The van der Waals surface area contributed by atoms with Gasteiger partial charge in [-0.1, -0.05) is 30.8 Å². The van der Waals surface area contributed by atoms with Crippen LogP contribution in [-0.4, -0.2) is 41.5 Å². The number of hydrogen-bond acceptors (Lipinski definition) is 4. The van der Waals surface area contributed by atoms with Crippen molar-refractivity contribution >= 4 is 17.9 Å². The van der Waals surface area contributed by atoms with E-state index in [0.29, 0.717) is 32.5 Å². The molecule has 0 radical (unpaired) electrons. The molecule has 1 heterocycles. The third-order valence-electron chi connectivity index (χ3n) is 5.03. The van der Waals surface area contributed by atoms with E-state index < -0.39 is 11.7 Å². The van der Waals surface area contributed by atoms with Crippen LogP contribution < -0.4 is 10.6 Å². The molecular formula is C23H33N3O4. The van der Waals surface area contributed by atoms with Crippen LogP contribution in [0.5, 0.6) is 0 Å². The third-order valence-corrected chi connectivity index (χ3v) is 5.03. The maximum atomic E-state index is 12.4. The summed E-state index contributed by atoms with van der Waals surface area (Å²) in [5, 5.41) is 5.80. The van der Waals surface area contributed by atoms with Gasteiger partial charge in [0.05, 0.1) is 6.04 Å². The van der Waals surface area contributed by atoms with Gasteiger partial charge in [0.2, 0.25) is 11.8 Å². The molecule has 7 nitrogen and oxygen atoms in total. The molecule has 2 N–H and O–H groups in total. The van der Waals surface area contributed by atoms with Gasteiger partial charge in [0.25, 0.3) is 0 Å². The number of amides is 3.